The number of allylic oxidation sites excluding steroid dienone is 4. The third kappa shape index (κ3) is 5.11. The number of aromatic hydroxyl groups is 5. The van der Waals surface area contributed by atoms with Crippen LogP contribution < -0.4 is 0 Å². The Morgan fingerprint density at radius 1 is 0.446 bits per heavy atom. The minimum absolute atomic E-state index is 0.171. The normalized spacial score (nSPS) is 14.4. The van der Waals surface area contributed by atoms with Crippen molar-refractivity contribution in [1.82, 2.24) is 0 Å². The second-order valence-electron chi connectivity index (χ2n) is 14.3. The lowest BCUT2D eigenvalue weighted by atomic mass is 9.77. The van der Waals surface area contributed by atoms with Gasteiger partial charge in [0.15, 0.2) is 11.5 Å². The van der Waals surface area contributed by atoms with E-state index < -0.39 is 28.7 Å². The highest BCUT2D eigenvalue weighted by atomic mass is 16.4. The highest BCUT2D eigenvalue weighted by Crippen LogP contribution is 2.56. The predicted octanol–water partition coefficient (Wildman–Crippen LogP) is 12.4. The van der Waals surface area contributed by atoms with E-state index >= 15 is 0 Å². The van der Waals surface area contributed by atoms with E-state index in [1.807, 2.05) is 84.9 Å². The first kappa shape index (κ1) is 33.2. The summed E-state index contributed by atoms with van der Waals surface area (Å²) in [6, 6.07) is 49.6. The minimum Gasteiger partial charge on any atom is -0.504 e. The van der Waals surface area contributed by atoms with Crippen LogP contribution in [0.5, 0.6) is 28.7 Å². The van der Waals surface area contributed by atoms with E-state index in [0.29, 0.717) is 12.0 Å². The number of phenols is 5. The molecular formula is C50H34O6. The summed E-state index contributed by atoms with van der Waals surface area (Å²) in [6.07, 6.45) is 4.40. The SMILES string of the molecule is Oc1c(O)c(O)c(C2=CC(c3ccccc3)CC(c3c4ccccc4c(-c4cccc5oc6cc(-c7ccccc7)ccc6c45)c4ccccc34)=C2)c(O)c1O. The van der Waals surface area contributed by atoms with Gasteiger partial charge in [0.1, 0.15) is 11.2 Å². The van der Waals surface area contributed by atoms with Crippen molar-refractivity contribution in [3.63, 3.8) is 0 Å². The van der Waals surface area contributed by atoms with Crippen LogP contribution in [0.4, 0.5) is 0 Å². The fraction of sp³-hybridized carbons (Fsp3) is 0.0400. The number of rotatable bonds is 5. The van der Waals surface area contributed by atoms with Crippen molar-refractivity contribution in [1.29, 1.82) is 0 Å². The van der Waals surface area contributed by atoms with Gasteiger partial charge in [-0.2, -0.15) is 0 Å². The summed E-state index contributed by atoms with van der Waals surface area (Å²) >= 11 is 0. The minimum atomic E-state index is -0.992. The zero-order chi connectivity index (χ0) is 38.1. The summed E-state index contributed by atoms with van der Waals surface area (Å²) in [7, 11) is 0. The molecule has 0 amide bonds. The van der Waals surface area contributed by atoms with E-state index in [1.54, 1.807) is 0 Å². The largest absolute Gasteiger partial charge is 0.504 e. The molecule has 1 atom stereocenters. The Labute approximate surface area is 321 Å². The Hall–Kier alpha value is -7.44. The molecule has 1 heterocycles. The molecule has 10 rings (SSSR count). The van der Waals surface area contributed by atoms with Gasteiger partial charge in [0.2, 0.25) is 17.2 Å². The van der Waals surface area contributed by atoms with Crippen molar-refractivity contribution in [3.05, 3.63) is 174 Å². The first-order valence-electron chi connectivity index (χ1n) is 18.5. The van der Waals surface area contributed by atoms with Gasteiger partial charge in [-0.25, -0.2) is 0 Å². The molecule has 1 aliphatic carbocycles. The molecule has 0 radical (unpaired) electrons. The lowest BCUT2D eigenvalue weighted by molar-refractivity contribution is 0.327. The zero-order valence-corrected chi connectivity index (χ0v) is 29.9. The second kappa shape index (κ2) is 12.9. The molecule has 0 saturated carbocycles. The highest BCUT2D eigenvalue weighted by molar-refractivity contribution is 6.24. The van der Waals surface area contributed by atoms with Gasteiger partial charge in [-0.1, -0.05) is 140 Å². The molecule has 0 saturated heterocycles. The van der Waals surface area contributed by atoms with E-state index in [2.05, 4.69) is 72.8 Å². The molecule has 0 aliphatic heterocycles. The molecule has 6 heteroatoms. The van der Waals surface area contributed by atoms with E-state index in [1.165, 1.54) is 0 Å². The van der Waals surface area contributed by atoms with Gasteiger partial charge in [0, 0.05) is 16.7 Å². The first-order valence-corrected chi connectivity index (χ1v) is 18.5. The summed E-state index contributed by atoms with van der Waals surface area (Å²) in [5.74, 6) is -4.47. The Balaban J connectivity index is 1.24. The third-order valence-corrected chi connectivity index (χ3v) is 11.2. The van der Waals surface area contributed by atoms with Crippen molar-refractivity contribution >= 4 is 54.6 Å². The molecule has 0 spiro atoms. The first-order chi connectivity index (χ1) is 27.4. The maximum Gasteiger partial charge on any atom is 0.208 e. The second-order valence-corrected chi connectivity index (χ2v) is 14.3. The Morgan fingerprint density at radius 3 is 1.66 bits per heavy atom. The molecule has 9 aromatic rings. The van der Waals surface area contributed by atoms with Crippen LogP contribution in [0.3, 0.4) is 0 Å². The van der Waals surface area contributed by atoms with Crippen molar-refractivity contribution in [2.24, 2.45) is 0 Å². The van der Waals surface area contributed by atoms with E-state index in [-0.39, 0.29) is 11.5 Å². The Morgan fingerprint density at radius 2 is 1.02 bits per heavy atom. The molecule has 0 bridgehead atoms. The molecule has 1 unspecified atom stereocenters. The fourth-order valence-electron chi connectivity index (χ4n) is 8.62. The summed E-state index contributed by atoms with van der Waals surface area (Å²) in [6.45, 7) is 0. The number of hydrogen-bond acceptors (Lipinski definition) is 6. The van der Waals surface area contributed by atoms with Crippen LogP contribution in [0, 0.1) is 0 Å². The lowest BCUT2D eigenvalue weighted by Gasteiger charge is -2.26. The molecule has 1 aliphatic rings. The van der Waals surface area contributed by atoms with Gasteiger partial charge in [-0.15, -0.1) is 0 Å². The average Bonchev–Trinajstić information content (AvgIpc) is 3.63. The summed E-state index contributed by atoms with van der Waals surface area (Å²) < 4.78 is 6.56. The number of phenolic OH excluding ortho intramolecular Hbond substituents is 5. The number of hydrogen-bond donors (Lipinski definition) is 5. The number of fused-ring (bicyclic) bond motifs is 5. The topological polar surface area (TPSA) is 114 Å². The Kier molecular flexibility index (Phi) is 7.61. The summed E-state index contributed by atoms with van der Waals surface area (Å²) in [4.78, 5) is 0. The van der Waals surface area contributed by atoms with Crippen molar-refractivity contribution in [3.8, 4) is 51.0 Å². The number of benzene rings is 8. The van der Waals surface area contributed by atoms with Gasteiger partial charge >= 0.3 is 0 Å². The van der Waals surface area contributed by atoms with Crippen molar-refractivity contribution in [2.45, 2.75) is 12.3 Å². The van der Waals surface area contributed by atoms with Crippen LogP contribution in [0.1, 0.15) is 29.0 Å². The third-order valence-electron chi connectivity index (χ3n) is 11.2. The maximum atomic E-state index is 11.1. The van der Waals surface area contributed by atoms with E-state index in [4.69, 9.17) is 4.42 Å². The van der Waals surface area contributed by atoms with E-state index in [0.717, 1.165) is 82.4 Å². The fourth-order valence-corrected chi connectivity index (χ4v) is 8.62. The van der Waals surface area contributed by atoms with Gasteiger partial charge < -0.3 is 29.9 Å². The molecule has 56 heavy (non-hydrogen) atoms. The van der Waals surface area contributed by atoms with Crippen LogP contribution in [-0.4, -0.2) is 25.5 Å². The van der Waals surface area contributed by atoms with Crippen molar-refractivity contribution in [2.75, 3.05) is 0 Å². The quantitative estimate of drug-likeness (QED) is 0.0684. The van der Waals surface area contributed by atoms with Crippen LogP contribution in [0.25, 0.3) is 76.9 Å². The van der Waals surface area contributed by atoms with Crippen LogP contribution in [0.15, 0.2) is 162 Å². The number of furan rings is 1. The summed E-state index contributed by atoms with van der Waals surface area (Å²) in [5.41, 5.74) is 9.12. The van der Waals surface area contributed by atoms with Crippen LogP contribution in [0.2, 0.25) is 0 Å². The van der Waals surface area contributed by atoms with Gasteiger partial charge in [-0.05, 0) is 90.7 Å². The average molecular weight is 731 g/mol. The summed E-state index contributed by atoms with van der Waals surface area (Å²) in [5, 5.41) is 59.8. The van der Waals surface area contributed by atoms with E-state index in [9.17, 15) is 25.5 Å². The molecule has 1 aromatic heterocycles. The highest BCUT2D eigenvalue weighted by Gasteiger charge is 2.30. The maximum absolute atomic E-state index is 11.1. The standard InChI is InChI=1S/C50H34O6/c51-46-43(47(52)49(54)50(55)48(46)53)33-25-31(29-14-5-2-6-15-29)24-32(26-33)42-34-16-7-9-18-36(34)44(37-19-10-8-17-35(37)42)39-20-11-21-40-45(39)38-23-22-30(27-41(38)56-40)28-12-3-1-4-13-28/h1-23,25-27,31,51-55H,24H2. The monoisotopic (exact) mass is 730 g/mol. The van der Waals surface area contributed by atoms with Crippen LogP contribution in [-0.2, 0) is 0 Å². The predicted molar refractivity (Wildman–Crippen MR) is 224 cm³/mol. The molecule has 6 nitrogen and oxygen atoms in total. The molecule has 5 N–H and O–H groups in total. The van der Waals surface area contributed by atoms with Gasteiger partial charge in [-0.3, -0.25) is 0 Å². The van der Waals surface area contributed by atoms with Gasteiger partial charge in [0.25, 0.3) is 0 Å². The van der Waals surface area contributed by atoms with Gasteiger partial charge in [0.05, 0.1) is 5.56 Å². The molecule has 0 fully saturated rings. The molecule has 8 aromatic carbocycles. The Bertz CT molecular complexity index is 3010. The molecular weight excluding hydrogens is 697 g/mol. The molecule has 270 valence electrons. The lowest BCUT2D eigenvalue weighted by Crippen LogP contribution is -2.05. The van der Waals surface area contributed by atoms with Crippen LogP contribution >= 0.6 is 0 Å². The zero-order valence-electron chi connectivity index (χ0n) is 29.9. The smallest absolute Gasteiger partial charge is 0.208 e. The van der Waals surface area contributed by atoms with Crippen molar-refractivity contribution < 1.29 is 29.9 Å².